The van der Waals surface area contributed by atoms with Crippen LogP contribution in [0.4, 0.5) is 14.5 Å². The summed E-state index contributed by atoms with van der Waals surface area (Å²) in [5.41, 5.74) is -0.305. The molecule has 0 unspecified atom stereocenters. The van der Waals surface area contributed by atoms with E-state index in [4.69, 9.17) is 11.6 Å². The minimum atomic E-state index is -4.10. The maximum absolute atomic E-state index is 13.7. The second-order valence-electron chi connectivity index (χ2n) is 3.78. The van der Waals surface area contributed by atoms with Gasteiger partial charge in [0.25, 0.3) is 10.0 Å². The van der Waals surface area contributed by atoms with E-state index in [0.717, 1.165) is 6.07 Å². The molecule has 2 aromatic carbocycles. The van der Waals surface area contributed by atoms with Crippen LogP contribution in [0.2, 0.25) is 5.02 Å². The summed E-state index contributed by atoms with van der Waals surface area (Å²) in [6.07, 6.45) is 0. The summed E-state index contributed by atoms with van der Waals surface area (Å²) in [7, 11) is -4.10. The number of benzene rings is 2. The third kappa shape index (κ3) is 3.11. The molecule has 106 valence electrons. The monoisotopic (exact) mass is 381 g/mol. The first-order chi connectivity index (χ1) is 9.31. The summed E-state index contributed by atoms with van der Waals surface area (Å²) in [4.78, 5) is -0.322. The lowest BCUT2D eigenvalue weighted by molar-refractivity contribution is 0.592. The number of hydrogen-bond acceptors (Lipinski definition) is 2. The molecule has 20 heavy (non-hydrogen) atoms. The molecule has 0 radical (unpaired) electrons. The smallest absolute Gasteiger partial charge is 0.262 e. The highest BCUT2D eigenvalue weighted by atomic mass is 79.9. The largest absolute Gasteiger partial charge is 0.277 e. The normalized spacial score (nSPS) is 11.4. The highest BCUT2D eigenvalue weighted by Gasteiger charge is 2.18. The molecule has 2 rings (SSSR count). The molecule has 1 N–H and O–H groups in total. The fourth-order valence-corrected chi connectivity index (χ4v) is 2.92. The van der Waals surface area contributed by atoms with Crippen molar-refractivity contribution in [1.29, 1.82) is 0 Å². The van der Waals surface area contributed by atoms with E-state index in [1.807, 2.05) is 4.72 Å². The zero-order valence-electron chi connectivity index (χ0n) is 9.70. The summed E-state index contributed by atoms with van der Waals surface area (Å²) in [5.74, 6) is -1.63. The zero-order chi connectivity index (χ0) is 14.9. The molecule has 0 fully saturated rings. The molecule has 0 aliphatic rings. The Morgan fingerprint density at radius 2 is 1.85 bits per heavy atom. The number of hydrogen-bond donors (Lipinski definition) is 1. The lowest BCUT2D eigenvalue weighted by Gasteiger charge is -2.10. The van der Waals surface area contributed by atoms with Gasteiger partial charge in [0.15, 0.2) is 5.82 Å². The summed E-state index contributed by atoms with van der Waals surface area (Å²) < 4.78 is 53.2. The Hall–Kier alpha value is -1.18. The van der Waals surface area contributed by atoms with E-state index in [1.54, 1.807) is 0 Å². The summed E-state index contributed by atoms with van der Waals surface area (Å²) >= 11 is 8.48. The topological polar surface area (TPSA) is 46.2 Å². The SMILES string of the molecule is O=S(=O)(Nc1cccc(Cl)c1F)c1ccc(Br)c(F)c1. The molecular weight excluding hydrogens is 376 g/mol. The minimum Gasteiger partial charge on any atom is -0.277 e. The Kier molecular flexibility index (Phi) is 4.31. The van der Waals surface area contributed by atoms with Gasteiger partial charge in [-0.1, -0.05) is 17.7 Å². The van der Waals surface area contributed by atoms with Crippen molar-refractivity contribution in [1.82, 2.24) is 0 Å². The van der Waals surface area contributed by atoms with Gasteiger partial charge in [-0.25, -0.2) is 17.2 Å². The first kappa shape index (κ1) is 15.2. The molecule has 0 aliphatic heterocycles. The zero-order valence-corrected chi connectivity index (χ0v) is 12.9. The quantitative estimate of drug-likeness (QED) is 0.865. The second kappa shape index (κ2) is 5.67. The van der Waals surface area contributed by atoms with Crippen molar-refractivity contribution in [3.05, 3.63) is 57.5 Å². The van der Waals surface area contributed by atoms with Crippen LogP contribution in [-0.2, 0) is 10.0 Å². The summed E-state index contributed by atoms with van der Waals surface area (Å²) in [6, 6.07) is 7.17. The van der Waals surface area contributed by atoms with Gasteiger partial charge >= 0.3 is 0 Å². The van der Waals surface area contributed by atoms with Crippen molar-refractivity contribution < 1.29 is 17.2 Å². The van der Waals surface area contributed by atoms with Gasteiger partial charge in [0.05, 0.1) is 20.1 Å². The van der Waals surface area contributed by atoms with Crippen molar-refractivity contribution >= 4 is 43.2 Å². The van der Waals surface area contributed by atoms with Crippen LogP contribution in [0.3, 0.4) is 0 Å². The molecule has 0 saturated carbocycles. The fraction of sp³-hybridized carbons (Fsp3) is 0. The van der Waals surface area contributed by atoms with Crippen LogP contribution in [0.25, 0.3) is 0 Å². The minimum absolute atomic E-state index is 0.130. The lowest BCUT2D eigenvalue weighted by atomic mass is 10.3. The van der Waals surface area contributed by atoms with Crippen molar-refractivity contribution in [2.75, 3.05) is 4.72 Å². The van der Waals surface area contributed by atoms with Gasteiger partial charge in [-0.2, -0.15) is 0 Å². The molecule has 0 atom stereocenters. The third-order valence-electron chi connectivity index (χ3n) is 2.40. The molecule has 0 saturated heterocycles. The van der Waals surface area contributed by atoms with Crippen molar-refractivity contribution in [2.45, 2.75) is 4.90 Å². The Bertz CT molecular complexity index is 768. The van der Waals surface area contributed by atoms with Crippen molar-refractivity contribution in [3.63, 3.8) is 0 Å². The molecule has 0 bridgehead atoms. The van der Waals surface area contributed by atoms with Gasteiger partial charge in [0.1, 0.15) is 5.82 Å². The number of anilines is 1. The van der Waals surface area contributed by atoms with Crippen LogP contribution in [0.15, 0.2) is 45.8 Å². The van der Waals surface area contributed by atoms with Gasteiger partial charge in [-0.05, 0) is 46.3 Å². The molecule has 8 heteroatoms. The van der Waals surface area contributed by atoms with Crippen LogP contribution in [0.5, 0.6) is 0 Å². The Morgan fingerprint density at radius 1 is 1.15 bits per heavy atom. The predicted molar refractivity (Wildman–Crippen MR) is 76.3 cm³/mol. The average Bonchev–Trinajstić information content (AvgIpc) is 2.38. The Balaban J connectivity index is 2.41. The molecular formula is C12H7BrClF2NO2S. The van der Waals surface area contributed by atoms with Crippen molar-refractivity contribution in [3.8, 4) is 0 Å². The van der Waals surface area contributed by atoms with Gasteiger partial charge in [0, 0.05) is 0 Å². The van der Waals surface area contributed by atoms with Gasteiger partial charge in [0.2, 0.25) is 0 Å². The van der Waals surface area contributed by atoms with E-state index in [1.165, 1.54) is 30.3 Å². The maximum atomic E-state index is 13.7. The van der Waals surface area contributed by atoms with Crippen LogP contribution < -0.4 is 4.72 Å². The van der Waals surface area contributed by atoms with E-state index in [0.29, 0.717) is 0 Å². The molecule has 0 aliphatic carbocycles. The van der Waals surface area contributed by atoms with E-state index in [2.05, 4.69) is 15.9 Å². The molecule has 0 spiro atoms. The molecule has 2 aromatic rings. The Labute approximate surface area is 127 Å². The third-order valence-corrected chi connectivity index (χ3v) is 4.70. The van der Waals surface area contributed by atoms with Crippen LogP contribution in [-0.4, -0.2) is 8.42 Å². The second-order valence-corrected chi connectivity index (χ2v) is 6.73. The predicted octanol–water partition coefficient (Wildman–Crippen LogP) is 4.18. The van der Waals surface area contributed by atoms with Gasteiger partial charge in [-0.15, -0.1) is 0 Å². The highest BCUT2D eigenvalue weighted by Crippen LogP contribution is 2.26. The number of sulfonamides is 1. The van der Waals surface area contributed by atoms with E-state index in [-0.39, 0.29) is 20.1 Å². The Morgan fingerprint density at radius 3 is 2.50 bits per heavy atom. The maximum Gasteiger partial charge on any atom is 0.262 e. The van der Waals surface area contributed by atoms with E-state index >= 15 is 0 Å². The van der Waals surface area contributed by atoms with Crippen LogP contribution >= 0.6 is 27.5 Å². The molecule has 0 aromatic heterocycles. The fourth-order valence-electron chi connectivity index (χ4n) is 1.43. The van der Waals surface area contributed by atoms with Crippen molar-refractivity contribution in [2.24, 2.45) is 0 Å². The van der Waals surface area contributed by atoms with Gasteiger partial charge < -0.3 is 0 Å². The molecule has 0 heterocycles. The van der Waals surface area contributed by atoms with Gasteiger partial charge in [-0.3, -0.25) is 4.72 Å². The average molecular weight is 383 g/mol. The first-order valence-electron chi connectivity index (χ1n) is 5.23. The summed E-state index contributed by atoms with van der Waals surface area (Å²) in [6.45, 7) is 0. The highest BCUT2D eigenvalue weighted by molar-refractivity contribution is 9.10. The number of nitrogens with one attached hydrogen (secondary N) is 1. The first-order valence-corrected chi connectivity index (χ1v) is 7.88. The van der Waals surface area contributed by atoms with Crippen LogP contribution in [0, 0.1) is 11.6 Å². The number of halogens is 4. The van der Waals surface area contributed by atoms with E-state index in [9.17, 15) is 17.2 Å². The lowest BCUT2D eigenvalue weighted by Crippen LogP contribution is -2.14. The molecule has 0 amide bonds. The summed E-state index contributed by atoms with van der Waals surface area (Å²) in [5, 5.41) is -0.216. The number of rotatable bonds is 3. The standard InChI is InChI=1S/C12H7BrClF2NO2S/c13-8-5-4-7(6-10(8)15)20(18,19)17-11-3-1-2-9(14)12(11)16/h1-6,17H. The van der Waals surface area contributed by atoms with Crippen LogP contribution in [0.1, 0.15) is 0 Å². The van der Waals surface area contributed by atoms with E-state index < -0.39 is 21.7 Å². The molecule has 3 nitrogen and oxygen atoms in total.